The first-order valence-electron chi connectivity index (χ1n) is 2.28. The molecule has 0 spiro atoms. The molecule has 11 heavy (non-hydrogen) atoms. The topological polar surface area (TPSA) is 115 Å². The van der Waals surface area contributed by atoms with Gasteiger partial charge in [0.25, 0.3) is 0 Å². The van der Waals surface area contributed by atoms with Crippen molar-refractivity contribution >= 4 is 11.9 Å². The van der Waals surface area contributed by atoms with E-state index in [0.29, 0.717) is 0 Å². The van der Waals surface area contributed by atoms with Gasteiger partial charge < -0.3 is 20.4 Å². The molecule has 0 aromatic heterocycles. The van der Waals surface area contributed by atoms with Gasteiger partial charge in [-0.15, -0.1) is 0 Å². The molecule has 0 bridgehead atoms. The van der Waals surface area contributed by atoms with Crippen LogP contribution in [-0.2, 0) is 9.59 Å². The minimum atomic E-state index is -2.27. The van der Waals surface area contributed by atoms with Crippen LogP contribution in [0.1, 0.15) is 0 Å². The number of hydrogen-bond acceptors (Lipinski definition) is 4. The van der Waals surface area contributed by atoms with Gasteiger partial charge in [0.1, 0.15) is 0 Å². The Bertz CT molecular complexity index is 139. The number of aliphatic hydroxyl groups is 2. The second-order valence-corrected chi connectivity index (χ2v) is 1.57. The molecule has 0 aromatic rings. The summed E-state index contributed by atoms with van der Waals surface area (Å²) < 4.78 is 0. The fourth-order valence-corrected chi connectivity index (χ4v) is 0.270. The molecule has 0 heterocycles. The van der Waals surface area contributed by atoms with Gasteiger partial charge in [0, 0.05) is 49.4 Å². The van der Waals surface area contributed by atoms with Gasteiger partial charge >= 0.3 is 11.9 Å². The van der Waals surface area contributed by atoms with Gasteiger partial charge in [-0.2, -0.15) is 0 Å². The minimum Gasteiger partial charge on any atom is -0.479 e. The van der Waals surface area contributed by atoms with E-state index in [-0.39, 0.29) is 49.4 Å². The zero-order chi connectivity index (χ0) is 8.31. The quantitative estimate of drug-likeness (QED) is 0.474. The Labute approximate surface area is 102 Å². The summed E-state index contributed by atoms with van der Waals surface area (Å²) in [6.45, 7) is 0. The number of aliphatic hydroxyl groups excluding tert-OH is 2. The first-order chi connectivity index (χ1) is 4.46. The summed E-state index contributed by atoms with van der Waals surface area (Å²) in [6, 6.07) is 0. The molecule has 0 fully saturated rings. The summed E-state index contributed by atoms with van der Waals surface area (Å²) in [5.41, 5.74) is 0. The number of hydrogen-bond donors (Lipinski definition) is 4. The van der Waals surface area contributed by atoms with Crippen LogP contribution in [0.4, 0.5) is 0 Å². The molecule has 1 radical (unpaired) electrons. The zero-order valence-corrected chi connectivity index (χ0v) is 7.56. The van der Waals surface area contributed by atoms with Crippen molar-refractivity contribution in [2.24, 2.45) is 0 Å². The Morgan fingerprint density at radius 3 is 1.18 bits per heavy atom. The summed E-state index contributed by atoms with van der Waals surface area (Å²) in [5.74, 6) is -3.54. The summed E-state index contributed by atoms with van der Waals surface area (Å²) in [4.78, 5) is 19.5. The Kier molecular flexibility index (Phi) is 7.65. The SMILES string of the molecule is O=C(O)C(O)C(O)C(=O)O.[Eu]. The van der Waals surface area contributed by atoms with E-state index in [2.05, 4.69) is 0 Å². The fourth-order valence-electron chi connectivity index (χ4n) is 0.270. The first-order valence-corrected chi connectivity index (χ1v) is 2.28. The Hall–Kier alpha value is 0.444. The molecule has 0 aliphatic heterocycles. The molecule has 0 aliphatic carbocycles. The van der Waals surface area contributed by atoms with E-state index in [4.69, 9.17) is 20.4 Å². The van der Waals surface area contributed by atoms with E-state index in [0.717, 1.165) is 0 Å². The van der Waals surface area contributed by atoms with Crippen LogP contribution in [0.5, 0.6) is 0 Å². The molecule has 0 saturated carbocycles. The molecule has 0 aromatic carbocycles. The summed E-state index contributed by atoms with van der Waals surface area (Å²) >= 11 is 0. The van der Waals surface area contributed by atoms with Crippen molar-refractivity contribution in [1.82, 2.24) is 0 Å². The number of aliphatic carboxylic acids is 2. The molecular weight excluding hydrogens is 296 g/mol. The Morgan fingerprint density at radius 2 is 1.09 bits per heavy atom. The summed E-state index contributed by atoms with van der Waals surface area (Å²) in [6.07, 6.45) is -4.53. The third-order valence-electron chi connectivity index (χ3n) is 0.805. The van der Waals surface area contributed by atoms with Crippen molar-refractivity contribution in [3.63, 3.8) is 0 Å². The molecule has 0 rings (SSSR count). The average molecular weight is 302 g/mol. The molecular formula is C4H6EuO6. The third-order valence-corrected chi connectivity index (χ3v) is 0.805. The average Bonchev–Trinajstić information content (AvgIpc) is 1.84. The van der Waals surface area contributed by atoms with Gasteiger partial charge in [-0.1, -0.05) is 0 Å². The van der Waals surface area contributed by atoms with Gasteiger partial charge in [-0.3, -0.25) is 0 Å². The van der Waals surface area contributed by atoms with E-state index in [1.54, 1.807) is 0 Å². The number of carboxylic acids is 2. The van der Waals surface area contributed by atoms with Crippen LogP contribution in [0.2, 0.25) is 0 Å². The van der Waals surface area contributed by atoms with Crippen LogP contribution in [0.3, 0.4) is 0 Å². The summed E-state index contributed by atoms with van der Waals surface area (Å²) in [5, 5.41) is 32.5. The van der Waals surface area contributed by atoms with Crippen molar-refractivity contribution in [1.29, 1.82) is 0 Å². The Morgan fingerprint density at radius 1 is 0.909 bits per heavy atom. The van der Waals surface area contributed by atoms with Gasteiger partial charge in [0.2, 0.25) is 0 Å². The van der Waals surface area contributed by atoms with Gasteiger partial charge in [-0.05, 0) is 0 Å². The largest absolute Gasteiger partial charge is 0.479 e. The molecule has 4 N–H and O–H groups in total. The second kappa shape index (κ2) is 6.02. The first kappa shape index (κ1) is 14.0. The van der Waals surface area contributed by atoms with Crippen LogP contribution in [0.15, 0.2) is 0 Å². The molecule has 2 unspecified atom stereocenters. The fraction of sp³-hybridized carbons (Fsp3) is 0.500. The molecule has 6 nitrogen and oxygen atoms in total. The normalized spacial score (nSPS) is 14.4. The van der Waals surface area contributed by atoms with Crippen LogP contribution in [0.25, 0.3) is 0 Å². The van der Waals surface area contributed by atoms with Crippen LogP contribution >= 0.6 is 0 Å². The van der Waals surface area contributed by atoms with Crippen molar-refractivity contribution < 1.29 is 79.4 Å². The second-order valence-electron chi connectivity index (χ2n) is 1.57. The van der Waals surface area contributed by atoms with Crippen molar-refractivity contribution in [3.05, 3.63) is 0 Å². The van der Waals surface area contributed by atoms with Gasteiger partial charge in [-0.25, -0.2) is 9.59 Å². The maximum Gasteiger partial charge on any atom is 0.335 e. The van der Waals surface area contributed by atoms with Crippen molar-refractivity contribution in [3.8, 4) is 0 Å². The predicted molar refractivity (Wildman–Crippen MR) is 27.3 cm³/mol. The minimum absolute atomic E-state index is 0. The monoisotopic (exact) mass is 303 g/mol. The number of carbonyl (C=O) groups is 2. The van der Waals surface area contributed by atoms with E-state index in [9.17, 15) is 9.59 Å². The molecule has 65 valence electrons. The standard InChI is InChI=1S/C4H6O6.Eu/c5-1(3(7)8)2(6)4(9)10;/h1-2,5-6H,(H,7,8)(H,9,10);. The van der Waals surface area contributed by atoms with Gasteiger partial charge in [0.05, 0.1) is 0 Å². The maximum atomic E-state index is 9.77. The van der Waals surface area contributed by atoms with E-state index in [1.165, 1.54) is 0 Å². The number of rotatable bonds is 3. The van der Waals surface area contributed by atoms with Crippen LogP contribution in [0, 0.1) is 49.4 Å². The third kappa shape index (κ3) is 4.81. The molecule has 7 heteroatoms. The molecule has 0 amide bonds. The predicted octanol–water partition coefficient (Wildman–Crippen LogP) is -2.12. The van der Waals surface area contributed by atoms with E-state index in [1.807, 2.05) is 0 Å². The van der Waals surface area contributed by atoms with Crippen molar-refractivity contribution in [2.45, 2.75) is 12.2 Å². The molecule has 2 atom stereocenters. The van der Waals surface area contributed by atoms with E-state index < -0.39 is 24.1 Å². The maximum absolute atomic E-state index is 9.77. The number of carboxylic acid groups (broad SMARTS) is 2. The van der Waals surface area contributed by atoms with Crippen LogP contribution < -0.4 is 0 Å². The van der Waals surface area contributed by atoms with Crippen molar-refractivity contribution in [2.75, 3.05) is 0 Å². The van der Waals surface area contributed by atoms with Gasteiger partial charge in [0.15, 0.2) is 12.2 Å². The summed E-state index contributed by atoms with van der Waals surface area (Å²) in [7, 11) is 0. The van der Waals surface area contributed by atoms with Crippen LogP contribution in [-0.4, -0.2) is 44.6 Å². The zero-order valence-electron chi connectivity index (χ0n) is 5.14. The smallest absolute Gasteiger partial charge is 0.335 e. The van der Waals surface area contributed by atoms with E-state index >= 15 is 0 Å². The Balaban J connectivity index is 0. The molecule has 0 saturated heterocycles. The molecule has 0 aliphatic rings.